The molecule has 0 bridgehead atoms. The van der Waals surface area contributed by atoms with Gasteiger partial charge in [-0.3, -0.25) is 4.90 Å². The monoisotopic (exact) mass is 340 g/mol. The number of hydrogen-bond acceptors (Lipinski definition) is 4. The number of carboxylic acids is 1. The van der Waals surface area contributed by atoms with Gasteiger partial charge in [0.2, 0.25) is 0 Å². The van der Waals surface area contributed by atoms with Gasteiger partial charge in [-0.25, -0.2) is 4.79 Å². The first-order valence-corrected chi connectivity index (χ1v) is 8.53. The number of rotatable bonds is 6. The first-order chi connectivity index (χ1) is 12.1. The number of likely N-dealkylation sites (tertiary alicyclic amines) is 1. The van der Waals surface area contributed by atoms with Crippen LogP contribution in [0.1, 0.15) is 18.4 Å². The summed E-state index contributed by atoms with van der Waals surface area (Å²) in [5.74, 6) is -0.0817. The van der Waals surface area contributed by atoms with Crippen molar-refractivity contribution in [2.24, 2.45) is 0 Å². The second-order valence-electron chi connectivity index (χ2n) is 6.51. The van der Waals surface area contributed by atoms with E-state index in [4.69, 9.17) is 4.74 Å². The molecule has 2 N–H and O–H groups in total. The van der Waals surface area contributed by atoms with Crippen LogP contribution in [0.5, 0.6) is 5.75 Å². The molecule has 5 nitrogen and oxygen atoms in total. The number of anilines is 1. The van der Waals surface area contributed by atoms with Crippen molar-refractivity contribution in [3.63, 3.8) is 0 Å². The van der Waals surface area contributed by atoms with Crippen LogP contribution in [0, 0.1) is 0 Å². The lowest BCUT2D eigenvalue weighted by atomic mass is 9.87. The third kappa shape index (κ3) is 4.12. The summed E-state index contributed by atoms with van der Waals surface area (Å²) < 4.78 is 5.23. The minimum Gasteiger partial charge on any atom is -0.497 e. The summed E-state index contributed by atoms with van der Waals surface area (Å²) in [6.45, 7) is 2.35. The molecule has 1 fully saturated rings. The predicted molar refractivity (Wildman–Crippen MR) is 97.9 cm³/mol. The zero-order valence-corrected chi connectivity index (χ0v) is 14.4. The Morgan fingerprint density at radius 3 is 2.52 bits per heavy atom. The predicted octanol–water partition coefficient (Wildman–Crippen LogP) is 3.23. The summed E-state index contributed by atoms with van der Waals surface area (Å²) >= 11 is 0. The Labute approximate surface area is 148 Å². The first kappa shape index (κ1) is 17.3. The zero-order valence-electron chi connectivity index (χ0n) is 14.4. The lowest BCUT2D eigenvalue weighted by molar-refractivity contribution is -0.144. The van der Waals surface area contributed by atoms with Crippen LogP contribution in [0.15, 0.2) is 54.6 Å². The Hall–Kier alpha value is -2.53. The number of nitrogens with one attached hydrogen (secondary N) is 1. The summed E-state index contributed by atoms with van der Waals surface area (Å²) in [5.41, 5.74) is 1.10. The molecule has 0 unspecified atom stereocenters. The fourth-order valence-electron chi connectivity index (χ4n) is 3.30. The van der Waals surface area contributed by atoms with Gasteiger partial charge < -0.3 is 15.2 Å². The lowest BCUT2D eigenvalue weighted by Gasteiger charge is -2.40. The molecule has 0 saturated carbocycles. The molecule has 0 spiro atoms. The number of piperidine rings is 1. The second-order valence-corrected chi connectivity index (χ2v) is 6.51. The minimum absolute atomic E-state index is 0.562. The van der Waals surface area contributed by atoms with Gasteiger partial charge in [-0.2, -0.15) is 0 Å². The molecule has 2 aromatic rings. The molecule has 25 heavy (non-hydrogen) atoms. The van der Waals surface area contributed by atoms with Crippen LogP contribution in [-0.4, -0.2) is 41.7 Å². The molecule has 0 atom stereocenters. The van der Waals surface area contributed by atoms with E-state index in [0.717, 1.165) is 25.3 Å². The van der Waals surface area contributed by atoms with Gasteiger partial charge in [-0.15, -0.1) is 0 Å². The van der Waals surface area contributed by atoms with Gasteiger partial charge in [0, 0.05) is 31.4 Å². The van der Waals surface area contributed by atoms with Gasteiger partial charge in [0.05, 0.1) is 7.11 Å². The standard InChI is InChI=1S/C20H24N2O3/c1-25-18-9-5-8-17(14-18)21-20(19(23)24)10-12-22(13-11-20)15-16-6-3-2-4-7-16/h2-9,14,21H,10-13,15H2,1H3,(H,23,24). The van der Waals surface area contributed by atoms with Crippen LogP contribution in [0.3, 0.4) is 0 Å². The summed E-state index contributed by atoms with van der Waals surface area (Å²) in [7, 11) is 1.61. The number of ether oxygens (including phenoxy) is 1. The topological polar surface area (TPSA) is 61.8 Å². The number of carboxylic acid groups (broad SMARTS) is 1. The average molecular weight is 340 g/mol. The van der Waals surface area contributed by atoms with E-state index in [1.807, 2.05) is 42.5 Å². The quantitative estimate of drug-likeness (QED) is 0.845. The molecule has 1 heterocycles. The molecule has 1 saturated heterocycles. The van der Waals surface area contributed by atoms with Gasteiger partial charge in [-0.1, -0.05) is 36.4 Å². The van der Waals surface area contributed by atoms with E-state index in [1.165, 1.54) is 5.56 Å². The third-order valence-corrected chi connectivity index (χ3v) is 4.82. The van der Waals surface area contributed by atoms with Gasteiger partial charge in [0.1, 0.15) is 11.3 Å². The highest BCUT2D eigenvalue weighted by molar-refractivity contribution is 5.83. The molecule has 0 aromatic heterocycles. The van der Waals surface area contributed by atoms with Gasteiger partial charge in [0.15, 0.2) is 0 Å². The largest absolute Gasteiger partial charge is 0.497 e. The molecular weight excluding hydrogens is 316 g/mol. The molecule has 1 aliphatic heterocycles. The minimum atomic E-state index is -0.931. The highest BCUT2D eigenvalue weighted by atomic mass is 16.5. The highest BCUT2D eigenvalue weighted by Gasteiger charge is 2.41. The van der Waals surface area contributed by atoms with Crippen LogP contribution in [0.2, 0.25) is 0 Å². The van der Waals surface area contributed by atoms with Crippen molar-refractivity contribution in [1.29, 1.82) is 0 Å². The SMILES string of the molecule is COc1cccc(NC2(C(=O)O)CCN(Cc3ccccc3)CC2)c1. The Kier molecular flexibility index (Phi) is 5.24. The van der Waals surface area contributed by atoms with Gasteiger partial charge in [0.25, 0.3) is 0 Å². The maximum atomic E-state index is 12.0. The van der Waals surface area contributed by atoms with Gasteiger partial charge >= 0.3 is 5.97 Å². The molecule has 3 rings (SSSR count). The van der Waals surface area contributed by atoms with Crippen LogP contribution in [0.25, 0.3) is 0 Å². The van der Waals surface area contributed by atoms with Crippen LogP contribution < -0.4 is 10.1 Å². The molecule has 132 valence electrons. The van der Waals surface area contributed by atoms with E-state index >= 15 is 0 Å². The number of aliphatic carboxylic acids is 1. The summed E-state index contributed by atoms with van der Waals surface area (Å²) in [4.78, 5) is 14.3. The molecule has 0 radical (unpaired) electrons. The smallest absolute Gasteiger partial charge is 0.329 e. The summed E-state index contributed by atoms with van der Waals surface area (Å²) in [5, 5.41) is 13.1. The van der Waals surface area contributed by atoms with E-state index in [9.17, 15) is 9.90 Å². The molecule has 0 amide bonds. The van der Waals surface area contributed by atoms with Crippen molar-refractivity contribution in [3.8, 4) is 5.75 Å². The van der Waals surface area contributed by atoms with E-state index in [2.05, 4.69) is 22.3 Å². The van der Waals surface area contributed by atoms with Crippen molar-refractivity contribution in [2.75, 3.05) is 25.5 Å². The maximum Gasteiger partial charge on any atom is 0.329 e. The van der Waals surface area contributed by atoms with Crippen molar-refractivity contribution < 1.29 is 14.6 Å². The van der Waals surface area contributed by atoms with E-state index in [0.29, 0.717) is 18.6 Å². The Morgan fingerprint density at radius 1 is 1.16 bits per heavy atom. The number of methoxy groups -OCH3 is 1. The van der Waals surface area contributed by atoms with Gasteiger partial charge in [-0.05, 0) is 30.5 Å². The zero-order chi connectivity index (χ0) is 17.7. The Balaban J connectivity index is 1.67. The van der Waals surface area contributed by atoms with Crippen LogP contribution in [-0.2, 0) is 11.3 Å². The normalized spacial score (nSPS) is 17.0. The van der Waals surface area contributed by atoms with Crippen molar-refractivity contribution in [3.05, 3.63) is 60.2 Å². The molecule has 2 aromatic carbocycles. The molecule has 0 aliphatic carbocycles. The Bertz CT molecular complexity index is 710. The molecular formula is C20H24N2O3. The number of carbonyl (C=O) groups is 1. The van der Waals surface area contributed by atoms with Crippen molar-refractivity contribution in [2.45, 2.75) is 24.9 Å². The first-order valence-electron chi connectivity index (χ1n) is 8.53. The fourth-order valence-corrected chi connectivity index (χ4v) is 3.30. The molecule has 5 heteroatoms. The van der Waals surface area contributed by atoms with Crippen LogP contribution >= 0.6 is 0 Å². The number of benzene rings is 2. The third-order valence-electron chi connectivity index (χ3n) is 4.82. The summed E-state index contributed by atoms with van der Waals surface area (Å²) in [6, 6.07) is 17.7. The highest BCUT2D eigenvalue weighted by Crippen LogP contribution is 2.29. The second kappa shape index (κ2) is 7.57. The number of nitrogens with zero attached hydrogens (tertiary/aromatic N) is 1. The summed E-state index contributed by atoms with van der Waals surface area (Å²) in [6.07, 6.45) is 1.12. The average Bonchev–Trinajstić information content (AvgIpc) is 2.64. The number of hydrogen-bond donors (Lipinski definition) is 2. The van der Waals surface area contributed by atoms with Crippen LogP contribution in [0.4, 0.5) is 5.69 Å². The fraction of sp³-hybridized carbons (Fsp3) is 0.350. The van der Waals surface area contributed by atoms with Crippen molar-refractivity contribution in [1.82, 2.24) is 4.90 Å². The van der Waals surface area contributed by atoms with E-state index in [-0.39, 0.29) is 0 Å². The maximum absolute atomic E-state index is 12.0. The van der Waals surface area contributed by atoms with E-state index in [1.54, 1.807) is 7.11 Å². The Morgan fingerprint density at radius 2 is 1.88 bits per heavy atom. The van der Waals surface area contributed by atoms with E-state index < -0.39 is 11.5 Å². The van der Waals surface area contributed by atoms with Crippen molar-refractivity contribution >= 4 is 11.7 Å². The molecule has 1 aliphatic rings. The lowest BCUT2D eigenvalue weighted by Crippen LogP contribution is -2.54.